The average molecular weight is 326 g/mol. The molecule has 0 saturated carbocycles. The number of nitrogens with one attached hydrogen (secondary N) is 2. The SMILES string of the molecule is O[C@@H]1[C@@H](NCc2cccc(F)c2)c2ccccc2C12CCNCC2. The molecular weight excluding hydrogens is 303 g/mol. The monoisotopic (exact) mass is 326 g/mol. The highest BCUT2D eigenvalue weighted by Gasteiger charge is 2.51. The van der Waals surface area contributed by atoms with Crippen molar-refractivity contribution in [1.29, 1.82) is 0 Å². The third-order valence-electron chi connectivity index (χ3n) is 5.63. The minimum atomic E-state index is -0.453. The molecule has 1 spiro atoms. The number of halogens is 1. The van der Waals surface area contributed by atoms with Gasteiger partial charge in [-0.1, -0.05) is 36.4 Å². The first-order valence-electron chi connectivity index (χ1n) is 8.67. The van der Waals surface area contributed by atoms with Crippen molar-refractivity contribution in [2.45, 2.75) is 36.9 Å². The summed E-state index contributed by atoms with van der Waals surface area (Å²) >= 11 is 0. The molecule has 2 aromatic rings. The molecule has 1 fully saturated rings. The molecule has 24 heavy (non-hydrogen) atoms. The van der Waals surface area contributed by atoms with E-state index in [-0.39, 0.29) is 17.3 Å². The summed E-state index contributed by atoms with van der Waals surface area (Å²) < 4.78 is 13.4. The number of hydrogen-bond donors (Lipinski definition) is 3. The molecule has 0 aromatic heterocycles. The predicted molar refractivity (Wildman–Crippen MR) is 92.2 cm³/mol. The van der Waals surface area contributed by atoms with Gasteiger partial charge in [0.1, 0.15) is 5.82 Å². The Labute approximate surface area is 141 Å². The van der Waals surface area contributed by atoms with Gasteiger partial charge in [-0.05, 0) is 54.8 Å². The highest BCUT2D eigenvalue weighted by molar-refractivity contribution is 5.45. The summed E-state index contributed by atoms with van der Waals surface area (Å²) in [6, 6.07) is 14.9. The summed E-state index contributed by atoms with van der Waals surface area (Å²) in [5, 5.41) is 18.0. The molecular formula is C20H23FN2O. The van der Waals surface area contributed by atoms with E-state index in [9.17, 15) is 9.50 Å². The van der Waals surface area contributed by atoms with Crippen LogP contribution < -0.4 is 10.6 Å². The summed E-state index contributed by atoms with van der Waals surface area (Å²) in [6.45, 7) is 2.41. The lowest BCUT2D eigenvalue weighted by atomic mass is 9.72. The zero-order valence-electron chi connectivity index (χ0n) is 13.6. The van der Waals surface area contributed by atoms with E-state index in [2.05, 4.69) is 28.8 Å². The van der Waals surface area contributed by atoms with Gasteiger partial charge in [0, 0.05) is 12.0 Å². The number of fused-ring (bicyclic) bond motifs is 2. The number of hydrogen-bond acceptors (Lipinski definition) is 3. The van der Waals surface area contributed by atoms with Crippen molar-refractivity contribution in [1.82, 2.24) is 10.6 Å². The second-order valence-electron chi connectivity index (χ2n) is 6.93. The Morgan fingerprint density at radius 2 is 1.92 bits per heavy atom. The fourth-order valence-electron chi connectivity index (χ4n) is 4.40. The van der Waals surface area contributed by atoms with Crippen LogP contribution in [0, 0.1) is 5.82 Å². The minimum Gasteiger partial charge on any atom is -0.390 e. The van der Waals surface area contributed by atoms with Crippen LogP contribution in [0.15, 0.2) is 48.5 Å². The van der Waals surface area contributed by atoms with Crippen LogP contribution in [0.5, 0.6) is 0 Å². The molecule has 2 atom stereocenters. The molecule has 0 unspecified atom stereocenters. The van der Waals surface area contributed by atoms with Crippen molar-refractivity contribution in [3.8, 4) is 0 Å². The van der Waals surface area contributed by atoms with Gasteiger partial charge in [0.05, 0.1) is 12.1 Å². The summed E-state index contributed by atoms with van der Waals surface area (Å²) in [5.74, 6) is -0.225. The molecule has 0 amide bonds. The lowest BCUT2D eigenvalue weighted by Gasteiger charge is -2.39. The molecule has 4 heteroatoms. The molecule has 2 aliphatic rings. The summed E-state index contributed by atoms with van der Waals surface area (Å²) in [4.78, 5) is 0. The second-order valence-corrected chi connectivity index (χ2v) is 6.93. The van der Waals surface area contributed by atoms with Crippen LogP contribution in [0.2, 0.25) is 0 Å². The molecule has 1 aliphatic carbocycles. The zero-order chi connectivity index (χ0) is 16.6. The van der Waals surface area contributed by atoms with Crippen molar-refractivity contribution < 1.29 is 9.50 Å². The Morgan fingerprint density at radius 1 is 1.12 bits per heavy atom. The maximum Gasteiger partial charge on any atom is 0.123 e. The first-order chi connectivity index (χ1) is 11.7. The second kappa shape index (κ2) is 6.28. The smallest absolute Gasteiger partial charge is 0.123 e. The lowest BCUT2D eigenvalue weighted by molar-refractivity contribution is 0.0438. The number of aliphatic hydroxyl groups is 1. The zero-order valence-corrected chi connectivity index (χ0v) is 13.6. The third kappa shape index (κ3) is 2.55. The van der Waals surface area contributed by atoms with Crippen LogP contribution in [-0.2, 0) is 12.0 Å². The molecule has 1 heterocycles. The predicted octanol–water partition coefficient (Wildman–Crippen LogP) is 2.65. The van der Waals surface area contributed by atoms with Crippen LogP contribution in [0.25, 0.3) is 0 Å². The molecule has 1 saturated heterocycles. The standard InChI is InChI=1S/C20H23FN2O/c21-15-5-3-4-14(12-15)13-23-18-16-6-1-2-7-17(16)20(19(18)24)8-10-22-11-9-20/h1-7,12,18-19,22-24H,8-11,13H2/t18-,19+/m0/s1. The Balaban J connectivity index is 1.61. The Hall–Kier alpha value is -1.75. The largest absolute Gasteiger partial charge is 0.390 e. The fourth-order valence-corrected chi connectivity index (χ4v) is 4.40. The van der Waals surface area contributed by atoms with Crippen molar-refractivity contribution in [2.75, 3.05) is 13.1 Å². The highest BCUT2D eigenvalue weighted by atomic mass is 19.1. The van der Waals surface area contributed by atoms with E-state index in [0.717, 1.165) is 31.5 Å². The average Bonchev–Trinajstić information content (AvgIpc) is 2.83. The van der Waals surface area contributed by atoms with E-state index in [0.29, 0.717) is 6.54 Å². The van der Waals surface area contributed by atoms with Gasteiger partial charge in [0.25, 0.3) is 0 Å². The van der Waals surface area contributed by atoms with Gasteiger partial charge in [-0.2, -0.15) is 0 Å². The van der Waals surface area contributed by atoms with Gasteiger partial charge < -0.3 is 15.7 Å². The Morgan fingerprint density at radius 3 is 2.71 bits per heavy atom. The van der Waals surface area contributed by atoms with Crippen molar-refractivity contribution >= 4 is 0 Å². The normalized spacial score (nSPS) is 24.9. The van der Waals surface area contributed by atoms with Gasteiger partial charge in [0.15, 0.2) is 0 Å². The molecule has 126 valence electrons. The summed E-state index contributed by atoms with van der Waals surface area (Å²) in [7, 11) is 0. The summed E-state index contributed by atoms with van der Waals surface area (Å²) in [6.07, 6.45) is 1.44. The van der Waals surface area contributed by atoms with Gasteiger partial charge in [0.2, 0.25) is 0 Å². The third-order valence-corrected chi connectivity index (χ3v) is 5.63. The van der Waals surface area contributed by atoms with E-state index >= 15 is 0 Å². The van der Waals surface area contributed by atoms with Crippen LogP contribution in [0.1, 0.15) is 35.6 Å². The fraction of sp³-hybridized carbons (Fsp3) is 0.400. The van der Waals surface area contributed by atoms with Gasteiger partial charge in [-0.3, -0.25) is 0 Å². The van der Waals surface area contributed by atoms with Crippen LogP contribution >= 0.6 is 0 Å². The van der Waals surface area contributed by atoms with Gasteiger partial charge >= 0.3 is 0 Å². The maximum atomic E-state index is 13.4. The van der Waals surface area contributed by atoms with Crippen LogP contribution in [0.4, 0.5) is 4.39 Å². The quantitative estimate of drug-likeness (QED) is 0.812. The first-order valence-corrected chi connectivity index (χ1v) is 8.67. The summed E-state index contributed by atoms with van der Waals surface area (Å²) in [5.41, 5.74) is 3.19. The lowest BCUT2D eigenvalue weighted by Crippen LogP contribution is -2.47. The van der Waals surface area contributed by atoms with E-state index in [4.69, 9.17) is 0 Å². The molecule has 1 aliphatic heterocycles. The van der Waals surface area contributed by atoms with E-state index in [1.54, 1.807) is 12.1 Å². The number of aliphatic hydroxyl groups excluding tert-OH is 1. The van der Waals surface area contributed by atoms with Crippen LogP contribution in [0.3, 0.4) is 0 Å². The van der Waals surface area contributed by atoms with Crippen molar-refractivity contribution in [3.05, 3.63) is 71.0 Å². The molecule has 4 rings (SSSR count). The Kier molecular flexibility index (Phi) is 4.12. The van der Waals surface area contributed by atoms with Gasteiger partial charge in [-0.15, -0.1) is 0 Å². The van der Waals surface area contributed by atoms with E-state index in [1.807, 2.05) is 12.1 Å². The van der Waals surface area contributed by atoms with E-state index in [1.165, 1.54) is 17.2 Å². The molecule has 0 bridgehead atoms. The highest BCUT2D eigenvalue weighted by Crippen LogP contribution is 2.50. The number of rotatable bonds is 3. The molecule has 2 aromatic carbocycles. The number of piperidine rings is 1. The topological polar surface area (TPSA) is 44.3 Å². The Bertz CT molecular complexity index is 727. The minimum absolute atomic E-state index is 0.109. The molecule has 3 N–H and O–H groups in total. The van der Waals surface area contributed by atoms with Crippen molar-refractivity contribution in [3.63, 3.8) is 0 Å². The van der Waals surface area contributed by atoms with Crippen molar-refractivity contribution in [2.24, 2.45) is 0 Å². The maximum absolute atomic E-state index is 13.4. The number of benzene rings is 2. The van der Waals surface area contributed by atoms with Gasteiger partial charge in [-0.25, -0.2) is 4.39 Å². The first kappa shape index (κ1) is 15.8. The molecule has 3 nitrogen and oxygen atoms in total. The van der Waals surface area contributed by atoms with Crippen LogP contribution in [-0.4, -0.2) is 24.3 Å². The van der Waals surface area contributed by atoms with E-state index < -0.39 is 6.10 Å². The molecule has 0 radical (unpaired) electrons.